The normalized spacial score (nSPS) is 21.7. The van der Waals surface area contributed by atoms with Crippen molar-refractivity contribution >= 4 is 38.7 Å². The summed E-state index contributed by atoms with van der Waals surface area (Å²) < 4.78 is 29.7. The first-order chi connectivity index (χ1) is 18.1. The second-order valence-electron chi connectivity index (χ2n) is 9.58. The highest BCUT2D eigenvalue weighted by atomic mass is 32.2. The van der Waals surface area contributed by atoms with Crippen LogP contribution in [0.15, 0.2) is 6.33 Å². The fourth-order valence-corrected chi connectivity index (χ4v) is 4.95. The molecule has 3 rings (SSSR count). The van der Waals surface area contributed by atoms with Gasteiger partial charge in [0.15, 0.2) is 17.7 Å². The Morgan fingerprint density at radius 1 is 1.13 bits per heavy atom. The number of amides is 1. The third-order valence-electron chi connectivity index (χ3n) is 6.23. The van der Waals surface area contributed by atoms with E-state index in [0.717, 1.165) is 25.8 Å². The maximum atomic E-state index is 12.0. The first-order valence-electron chi connectivity index (χ1n) is 13.0. The first kappa shape index (κ1) is 30.0. The van der Waals surface area contributed by atoms with Crippen molar-refractivity contribution in [1.29, 1.82) is 0 Å². The van der Waals surface area contributed by atoms with Crippen LogP contribution >= 0.6 is 0 Å². The molecule has 1 amide bonds. The Morgan fingerprint density at radius 2 is 1.89 bits per heavy atom. The van der Waals surface area contributed by atoms with E-state index in [4.69, 9.17) is 10.5 Å². The largest absolute Gasteiger partial charge is 0.387 e. The van der Waals surface area contributed by atoms with Crippen LogP contribution in [0.2, 0.25) is 0 Å². The SMILES string of the molecule is CCCNC[C@H]1O[C@@H](n2cnc3c(N)nc(NCCNC(=O)CCCCCCS(C)(=O)=O)nc32)[C@H](O)[C@@H]1O. The molecule has 3 heterocycles. The van der Waals surface area contributed by atoms with Crippen molar-refractivity contribution < 1.29 is 28.2 Å². The van der Waals surface area contributed by atoms with Crippen LogP contribution in [-0.4, -0.2) is 101 Å². The number of nitrogens with two attached hydrogens (primary N) is 1. The molecule has 1 aliphatic rings. The topological polar surface area (TPSA) is 207 Å². The zero-order valence-electron chi connectivity index (χ0n) is 22.0. The van der Waals surface area contributed by atoms with Crippen molar-refractivity contribution in [3.05, 3.63) is 6.33 Å². The van der Waals surface area contributed by atoms with Crippen LogP contribution in [-0.2, 0) is 19.4 Å². The number of unbranched alkanes of at least 4 members (excludes halogenated alkanes) is 3. The number of carbonyl (C=O) groups excluding carboxylic acids is 1. The number of hydrogen-bond donors (Lipinski definition) is 6. The summed E-state index contributed by atoms with van der Waals surface area (Å²) in [5, 5.41) is 30.1. The summed E-state index contributed by atoms with van der Waals surface area (Å²) in [6, 6.07) is 0. The quantitative estimate of drug-likeness (QED) is 0.145. The lowest BCUT2D eigenvalue weighted by Crippen LogP contribution is -2.37. The molecule has 0 aliphatic carbocycles. The molecule has 0 radical (unpaired) electrons. The number of aliphatic hydroxyl groups is 2. The minimum absolute atomic E-state index is 0.0854. The minimum atomic E-state index is -2.93. The number of carbonyl (C=O) groups is 1. The number of nitrogens with one attached hydrogen (secondary N) is 3. The molecule has 0 spiro atoms. The zero-order valence-corrected chi connectivity index (χ0v) is 22.8. The van der Waals surface area contributed by atoms with E-state index in [-0.39, 0.29) is 23.4 Å². The van der Waals surface area contributed by atoms with Crippen LogP contribution in [0.4, 0.5) is 11.8 Å². The number of anilines is 2. The maximum absolute atomic E-state index is 12.0. The number of aromatic nitrogens is 4. The van der Waals surface area contributed by atoms with Gasteiger partial charge >= 0.3 is 0 Å². The lowest BCUT2D eigenvalue weighted by molar-refractivity contribution is -0.121. The van der Waals surface area contributed by atoms with Crippen LogP contribution in [0.25, 0.3) is 11.2 Å². The molecule has 4 atom stereocenters. The van der Waals surface area contributed by atoms with E-state index >= 15 is 0 Å². The number of nitrogen functional groups attached to an aromatic ring is 1. The molecule has 0 unspecified atom stereocenters. The number of imidazole rings is 1. The lowest BCUT2D eigenvalue weighted by atomic mass is 10.1. The summed E-state index contributed by atoms with van der Waals surface area (Å²) in [6.45, 7) is 3.90. The number of nitrogens with zero attached hydrogens (tertiary/aromatic N) is 4. The third-order valence-corrected chi connectivity index (χ3v) is 7.26. The number of sulfone groups is 1. The standard InChI is InChI=1S/C23H40N8O6S/c1-3-9-25-13-15-18(33)19(34)22(37-15)31-14-28-17-20(24)29-23(30-21(17)31)27-11-10-26-16(32)8-6-4-5-7-12-38(2,35)36/h14-15,18-19,22,25,33-34H,3-13H2,1-2H3,(H,26,32)(H3,24,27,29,30)/t15-,18-,19-,22-/m1/s1. The van der Waals surface area contributed by atoms with Gasteiger partial charge in [0.05, 0.1) is 6.33 Å². The van der Waals surface area contributed by atoms with Crippen molar-refractivity contribution in [3.8, 4) is 0 Å². The fraction of sp³-hybridized carbons (Fsp3) is 0.739. The van der Waals surface area contributed by atoms with Crippen LogP contribution in [0.1, 0.15) is 51.7 Å². The van der Waals surface area contributed by atoms with Crippen LogP contribution in [0.3, 0.4) is 0 Å². The molecule has 1 fully saturated rings. The van der Waals surface area contributed by atoms with Gasteiger partial charge in [-0.2, -0.15) is 9.97 Å². The Hall–Kier alpha value is -2.59. The second-order valence-corrected chi connectivity index (χ2v) is 11.8. The van der Waals surface area contributed by atoms with Crippen molar-refractivity contribution in [2.75, 3.05) is 49.2 Å². The van der Waals surface area contributed by atoms with Gasteiger partial charge in [-0.1, -0.05) is 19.8 Å². The summed E-state index contributed by atoms with van der Waals surface area (Å²) in [5.74, 6) is 0.464. The summed E-state index contributed by atoms with van der Waals surface area (Å²) in [5.41, 5.74) is 6.76. The van der Waals surface area contributed by atoms with E-state index in [2.05, 4.69) is 30.9 Å². The second kappa shape index (κ2) is 14.0. The highest BCUT2D eigenvalue weighted by molar-refractivity contribution is 7.90. The van der Waals surface area contributed by atoms with Crippen LogP contribution in [0.5, 0.6) is 0 Å². The van der Waals surface area contributed by atoms with Gasteiger partial charge in [0.1, 0.15) is 33.7 Å². The molecule has 1 aliphatic heterocycles. The molecule has 0 bridgehead atoms. The van der Waals surface area contributed by atoms with Gasteiger partial charge in [0, 0.05) is 38.1 Å². The molecule has 0 saturated carbocycles. The van der Waals surface area contributed by atoms with Crippen molar-refractivity contribution in [2.24, 2.45) is 0 Å². The van der Waals surface area contributed by atoms with E-state index < -0.39 is 34.4 Å². The molecule has 15 heteroatoms. The summed E-state index contributed by atoms with van der Waals surface area (Å²) in [7, 11) is -2.93. The van der Waals surface area contributed by atoms with Gasteiger partial charge in [-0.25, -0.2) is 13.4 Å². The van der Waals surface area contributed by atoms with Crippen LogP contribution < -0.4 is 21.7 Å². The molecular formula is C23H40N8O6S. The summed E-state index contributed by atoms with van der Waals surface area (Å²) in [6.07, 6.45) is 3.13. The van der Waals surface area contributed by atoms with Gasteiger partial charge in [0.25, 0.3) is 0 Å². The monoisotopic (exact) mass is 556 g/mol. The average Bonchev–Trinajstić information content (AvgIpc) is 3.40. The van der Waals surface area contributed by atoms with E-state index in [1.54, 1.807) is 0 Å². The van der Waals surface area contributed by atoms with Crippen molar-refractivity contribution in [3.63, 3.8) is 0 Å². The number of ether oxygens (including phenoxy) is 1. The minimum Gasteiger partial charge on any atom is -0.387 e. The number of hydrogen-bond acceptors (Lipinski definition) is 12. The smallest absolute Gasteiger partial charge is 0.226 e. The van der Waals surface area contributed by atoms with Gasteiger partial charge in [-0.15, -0.1) is 0 Å². The summed E-state index contributed by atoms with van der Waals surface area (Å²) in [4.78, 5) is 25.0. The van der Waals surface area contributed by atoms with Gasteiger partial charge in [-0.3, -0.25) is 9.36 Å². The highest BCUT2D eigenvalue weighted by Crippen LogP contribution is 2.32. The molecule has 38 heavy (non-hydrogen) atoms. The average molecular weight is 557 g/mol. The Morgan fingerprint density at radius 3 is 2.63 bits per heavy atom. The molecule has 7 N–H and O–H groups in total. The molecule has 2 aromatic rings. The zero-order chi connectivity index (χ0) is 27.7. The molecular weight excluding hydrogens is 516 g/mol. The van der Waals surface area contributed by atoms with Gasteiger partial charge in [0.2, 0.25) is 11.9 Å². The molecule has 14 nitrogen and oxygen atoms in total. The number of rotatable bonds is 16. The number of fused-ring (bicyclic) bond motifs is 1. The molecule has 1 saturated heterocycles. The fourth-order valence-electron chi connectivity index (χ4n) is 4.22. The third kappa shape index (κ3) is 8.46. The molecule has 2 aromatic heterocycles. The predicted molar refractivity (Wildman–Crippen MR) is 143 cm³/mol. The van der Waals surface area contributed by atoms with Crippen LogP contribution in [0, 0.1) is 0 Å². The van der Waals surface area contributed by atoms with Gasteiger partial charge in [-0.05, 0) is 25.8 Å². The Bertz CT molecular complexity index is 1160. The Kier molecular flexibility index (Phi) is 11.0. The first-order valence-corrected chi connectivity index (χ1v) is 15.1. The van der Waals surface area contributed by atoms with E-state index in [0.29, 0.717) is 50.1 Å². The van der Waals surface area contributed by atoms with E-state index in [1.807, 2.05) is 6.92 Å². The maximum Gasteiger partial charge on any atom is 0.226 e. The predicted octanol–water partition coefficient (Wildman–Crippen LogP) is -0.449. The van der Waals surface area contributed by atoms with Crippen molar-refractivity contribution in [2.45, 2.75) is 70.0 Å². The van der Waals surface area contributed by atoms with E-state index in [1.165, 1.54) is 17.2 Å². The lowest BCUT2D eigenvalue weighted by Gasteiger charge is -2.17. The number of aliphatic hydroxyl groups excluding tert-OH is 2. The molecule has 0 aromatic carbocycles. The Labute approximate surface area is 222 Å². The highest BCUT2D eigenvalue weighted by Gasteiger charge is 2.44. The Balaban J connectivity index is 1.48. The van der Waals surface area contributed by atoms with Crippen molar-refractivity contribution in [1.82, 2.24) is 30.2 Å². The molecule has 214 valence electrons. The van der Waals surface area contributed by atoms with Gasteiger partial charge < -0.3 is 36.6 Å². The summed E-state index contributed by atoms with van der Waals surface area (Å²) >= 11 is 0. The van der Waals surface area contributed by atoms with E-state index in [9.17, 15) is 23.4 Å².